The van der Waals surface area contributed by atoms with E-state index in [9.17, 15) is 18.0 Å². The molecule has 0 saturated heterocycles. The summed E-state index contributed by atoms with van der Waals surface area (Å²) in [7, 11) is 5.53. The van der Waals surface area contributed by atoms with Crippen LogP contribution in [0.2, 0.25) is 5.02 Å². The number of ketones is 1. The third kappa shape index (κ3) is 4.54. The molecule has 1 heterocycles. The first-order valence-electron chi connectivity index (χ1n) is 7.92. The Balaban J connectivity index is 2.79. The van der Waals surface area contributed by atoms with Crippen LogP contribution in [-0.2, 0) is 14.3 Å². The lowest BCUT2D eigenvalue weighted by atomic mass is 9.99. The molecule has 2 aromatic rings. The zero-order valence-corrected chi connectivity index (χ0v) is 16.3. The highest BCUT2D eigenvalue weighted by molar-refractivity contribution is 6.33. The fourth-order valence-corrected chi connectivity index (χ4v) is 2.75. The lowest BCUT2D eigenvalue weighted by molar-refractivity contribution is -0.164. The van der Waals surface area contributed by atoms with Gasteiger partial charge in [0.2, 0.25) is 0 Å². The molecule has 0 fully saturated rings. The molecule has 0 unspecified atom stereocenters. The fraction of sp³-hybridized carbons (Fsp3) is 0.333. The molecule has 28 heavy (non-hydrogen) atoms. The first-order chi connectivity index (χ1) is 13.1. The van der Waals surface area contributed by atoms with Gasteiger partial charge < -0.3 is 18.9 Å². The van der Waals surface area contributed by atoms with Crippen LogP contribution < -0.4 is 0 Å². The highest BCUT2D eigenvalue weighted by Gasteiger charge is 2.44. The summed E-state index contributed by atoms with van der Waals surface area (Å²) in [6.45, 7) is 0. The molecule has 2 rings (SSSR count). The number of carbonyl (C=O) groups excluding carboxylic acids is 1. The van der Waals surface area contributed by atoms with Crippen molar-refractivity contribution in [2.75, 3.05) is 28.3 Å². The van der Waals surface area contributed by atoms with Gasteiger partial charge in [0.25, 0.3) is 5.78 Å². The summed E-state index contributed by atoms with van der Waals surface area (Å²) in [4.78, 5) is 13.3. The van der Waals surface area contributed by atoms with Crippen LogP contribution in [0.5, 0.6) is 0 Å². The molecule has 0 saturated carbocycles. The highest BCUT2D eigenvalue weighted by Crippen LogP contribution is 2.40. The van der Waals surface area contributed by atoms with Gasteiger partial charge in [0.05, 0.1) is 16.2 Å². The minimum atomic E-state index is -5.12. The number of halogens is 4. The van der Waals surface area contributed by atoms with Crippen LogP contribution in [0.25, 0.3) is 16.8 Å². The standard InChI is InChI=1S/C18H18ClF3N2O4/c1-24(2)9-11(16(25)18(20,21)22)15-13(17(26-3)27-4)14(23-28-15)10-7-5-6-8-12(10)19/h5-9,17H,1-4H3/b11-9-. The van der Waals surface area contributed by atoms with Crippen LogP contribution in [0.15, 0.2) is 35.0 Å². The molecule has 6 nitrogen and oxygen atoms in total. The number of nitrogens with zero attached hydrogens (tertiary/aromatic N) is 2. The minimum Gasteiger partial charge on any atom is -0.383 e. The van der Waals surface area contributed by atoms with Crippen molar-refractivity contribution in [1.29, 1.82) is 0 Å². The number of allylic oxidation sites excluding steroid dienone is 1. The van der Waals surface area contributed by atoms with Gasteiger partial charge in [-0.2, -0.15) is 13.2 Å². The zero-order valence-electron chi connectivity index (χ0n) is 15.5. The number of hydrogen-bond acceptors (Lipinski definition) is 6. The average molecular weight is 419 g/mol. The van der Waals surface area contributed by atoms with E-state index in [0.29, 0.717) is 5.56 Å². The lowest BCUT2D eigenvalue weighted by Crippen LogP contribution is -2.25. The van der Waals surface area contributed by atoms with E-state index in [2.05, 4.69) is 5.16 Å². The maximum absolute atomic E-state index is 13.2. The van der Waals surface area contributed by atoms with E-state index >= 15 is 0 Å². The topological polar surface area (TPSA) is 64.8 Å². The quantitative estimate of drug-likeness (QED) is 0.493. The second-order valence-corrected chi connectivity index (χ2v) is 6.30. The first-order valence-corrected chi connectivity index (χ1v) is 8.29. The monoisotopic (exact) mass is 418 g/mol. The van der Waals surface area contributed by atoms with Gasteiger partial charge in [-0.05, 0) is 6.07 Å². The summed E-state index contributed by atoms with van der Waals surface area (Å²) in [5, 5.41) is 4.15. The van der Waals surface area contributed by atoms with Crippen molar-refractivity contribution in [2.24, 2.45) is 0 Å². The predicted molar refractivity (Wildman–Crippen MR) is 96.4 cm³/mol. The number of Topliss-reactive ketones (excluding diaryl/α,β-unsaturated/α-hetero) is 1. The largest absolute Gasteiger partial charge is 0.455 e. The van der Waals surface area contributed by atoms with Gasteiger partial charge >= 0.3 is 6.18 Å². The maximum atomic E-state index is 13.2. The van der Waals surface area contributed by atoms with Crippen LogP contribution in [0.3, 0.4) is 0 Å². The van der Waals surface area contributed by atoms with Gasteiger partial charge in [-0.25, -0.2) is 0 Å². The Kier molecular flexibility index (Phi) is 6.87. The van der Waals surface area contributed by atoms with E-state index in [1.807, 2.05) is 0 Å². The van der Waals surface area contributed by atoms with Crippen LogP contribution in [0.1, 0.15) is 17.6 Å². The van der Waals surface area contributed by atoms with Crippen LogP contribution in [-0.4, -0.2) is 50.3 Å². The summed E-state index contributed by atoms with van der Waals surface area (Å²) >= 11 is 6.20. The average Bonchev–Trinajstić information content (AvgIpc) is 3.04. The first kappa shape index (κ1) is 21.9. The zero-order chi connectivity index (χ0) is 21.1. The Labute approximate surface area is 164 Å². The minimum absolute atomic E-state index is 0.0174. The van der Waals surface area contributed by atoms with Crippen molar-refractivity contribution in [3.8, 4) is 11.3 Å². The number of ether oxygens (including phenoxy) is 2. The number of aromatic nitrogens is 1. The molecule has 10 heteroatoms. The molecule has 0 N–H and O–H groups in total. The van der Waals surface area contributed by atoms with Crippen molar-refractivity contribution in [2.45, 2.75) is 12.5 Å². The second kappa shape index (κ2) is 8.76. The second-order valence-electron chi connectivity index (χ2n) is 5.89. The van der Waals surface area contributed by atoms with Crippen LogP contribution in [0.4, 0.5) is 13.2 Å². The molecule has 152 valence electrons. The van der Waals surface area contributed by atoms with Gasteiger partial charge in [-0.1, -0.05) is 35.0 Å². The fourth-order valence-electron chi connectivity index (χ4n) is 2.52. The molecule has 0 amide bonds. The smallest absolute Gasteiger partial charge is 0.383 e. The third-order valence-corrected chi connectivity index (χ3v) is 3.98. The Morgan fingerprint density at radius 3 is 2.36 bits per heavy atom. The van der Waals surface area contributed by atoms with Crippen molar-refractivity contribution in [3.05, 3.63) is 46.8 Å². The lowest BCUT2D eigenvalue weighted by Gasteiger charge is -2.17. The predicted octanol–water partition coefficient (Wildman–Crippen LogP) is 4.32. The van der Waals surface area contributed by atoms with E-state index in [0.717, 1.165) is 6.20 Å². The number of rotatable bonds is 7. The van der Waals surface area contributed by atoms with Crippen molar-refractivity contribution in [1.82, 2.24) is 10.1 Å². The molecule has 0 aliphatic rings. The summed E-state index contributed by atoms with van der Waals surface area (Å²) in [5.74, 6) is -2.50. The number of benzene rings is 1. The molecule has 1 aromatic carbocycles. The molecule has 0 aliphatic carbocycles. The van der Waals surface area contributed by atoms with Gasteiger partial charge in [-0.15, -0.1) is 0 Å². The third-order valence-electron chi connectivity index (χ3n) is 3.65. The van der Waals surface area contributed by atoms with Gasteiger partial charge in [-0.3, -0.25) is 4.79 Å². The number of alkyl halides is 3. The number of methoxy groups -OCH3 is 2. The van der Waals surface area contributed by atoms with Crippen molar-refractivity contribution in [3.63, 3.8) is 0 Å². The molecule has 0 atom stereocenters. The number of hydrogen-bond donors (Lipinski definition) is 0. The molecule has 0 bridgehead atoms. The van der Waals surface area contributed by atoms with Crippen molar-refractivity contribution < 1.29 is 32.0 Å². The Morgan fingerprint density at radius 2 is 1.86 bits per heavy atom. The van der Waals surface area contributed by atoms with E-state index in [-0.39, 0.29) is 16.3 Å². The van der Waals surface area contributed by atoms with E-state index in [4.69, 9.17) is 25.6 Å². The number of carbonyl (C=O) groups is 1. The van der Waals surface area contributed by atoms with E-state index in [1.54, 1.807) is 24.3 Å². The summed E-state index contributed by atoms with van der Waals surface area (Å²) in [5.41, 5.74) is -0.230. The maximum Gasteiger partial charge on any atom is 0.455 e. The van der Waals surface area contributed by atoms with Gasteiger partial charge in [0.1, 0.15) is 5.69 Å². The molecule has 0 aliphatic heterocycles. The molecule has 1 aromatic heterocycles. The van der Waals surface area contributed by atoms with E-state index in [1.165, 1.54) is 33.2 Å². The van der Waals surface area contributed by atoms with Crippen LogP contribution >= 0.6 is 11.6 Å². The summed E-state index contributed by atoms with van der Waals surface area (Å²) in [6, 6.07) is 6.55. The van der Waals surface area contributed by atoms with Gasteiger partial charge in [0, 0.05) is 40.1 Å². The molecule has 0 radical (unpaired) electrons. The SMILES string of the molecule is COC(OC)c1c(-c2ccccc2Cl)noc1/C(=C/N(C)C)C(=O)C(F)(F)F. The Morgan fingerprint density at radius 1 is 1.25 bits per heavy atom. The summed E-state index contributed by atoms with van der Waals surface area (Å²) < 4.78 is 55.1. The molecular formula is C18H18ClF3N2O4. The van der Waals surface area contributed by atoms with Crippen molar-refractivity contribution >= 4 is 23.0 Å². The highest BCUT2D eigenvalue weighted by atomic mass is 35.5. The normalized spacial score (nSPS) is 12.5. The van der Waals surface area contributed by atoms with E-state index < -0.39 is 29.6 Å². The van der Waals surface area contributed by atoms with Crippen LogP contribution in [0, 0.1) is 0 Å². The Hall–Kier alpha value is -2.36. The molecule has 0 spiro atoms. The van der Waals surface area contributed by atoms with Gasteiger partial charge in [0.15, 0.2) is 12.1 Å². The Bertz CT molecular complexity index is 874. The molecular weight excluding hydrogens is 401 g/mol. The summed E-state index contributed by atoms with van der Waals surface area (Å²) in [6.07, 6.45) is -5.27.